The number of benzene rings is 1. The van der Waals surface area contributed by atoms with E-state index in [0.717, 1.165) is 26.4 Å². The van der Waals surface area contributed by atoms with Crippen molar-refractivity contribution >= 4 is 44.4 Å². The summed E-state index contributed by atoms with van der Waals surface area (Å²) in [5, 5.41) is 6.78. The number of amides is 1. The molecule has 2 aliphatic rings. The standard InChI is InChI=1S/C14H16BrIN2O/c15-13-4-1-8(16)5-12(13)14(19)18-11-6-9-2-3-10(7-11)17-9/h1,4-5,9-11,17H,2-3,6-7H2,(H,18,19). The van der Waals surface area contributed by atoms with Gasteiger partial charge < -0.3 is 10.6 Å². The quantitative estimate of drug-likeness (QED) is 0.702. The van der Waals surface area contributed by atoms with Crippen LogP contribution in [0.1, 0.15) is 36.0 Å². The molecular formula is C14H16BrIN2O. The number of carbonyl (C=O) groups excluding carboxylic acids is 1. The molecule has 2 atom stereocenters. The van der Waals surface area contributed by atoms with E-state index in [4.69, 9.17) is 0 Å². The van der Waals surface area contributed by atoms with E-state index < -0.39 is 0 Å². The van der Waals surface area contributed by atoms with Gasteiger partial charge in [-0.1, -0.05) is 0 Å². The first-order valence-electron chi connectivity index (χ1n) is 6.64. The summed E-state index contributed by atoms with van der Waals surface area (Å²) in [6, 6.07) is 7.37. The van der Waals surface area contributed by atoms with Crippen molar-refractivity contribution < 1.29 is 4.79 Å². The Balaban J connectivity index is 1.69. The first-order chi connectivity index (χ1) is 9.11. The van der Waals surface area contributed by atoms with Gasteiger partial charge in [-0.3, -0.25) is 4.79 Å². The third-order valence-electron chi connectivity index (χ3n) is 3.98. The number of nitrogens with one attached hydrogen (secondary N) is 2. The lowest BCUT2D eigenvalue weighted by atomic mass is 9.99. The van der Waals surface area contributed by atoms with Crippen molar-refractivity contribution in [1.29, 1.82) is 0 Å². The summed E-state index contributed by atoms with van der Waals surface area (Å²) in [7, 11) is 0. The largest absolute Gasteiger partial charge is 0.349 e. The van der Waals surface area contributed by atoms with Crippen LogP contribution in [0.4, 0.5) is 0 Å². The lowest BCUT2D eigenvalue weighted by Gasteiger charge is -2.29. The van der Waals surface area contributed by atoms with Gasteiger partial charge >= 0.3 is 0 Å². The second kappa shape index (κ2) is 5.69. The van der Waals surface area contributed by atoms with Crippen molar-refractivity contribution in [3.63, 3.8) is 0 Å². The highest BCUT2D eigenvalue weighted by molar-refractivity contribution is 14.1. The maximum Gasteiger partial charge on any atom is 0.252 e. The molecule has 2 aliphatic heterocycles. The second-order valence-electron chi connectivity index (χ2n) is 5.40. The lowest BCUT2D eigenvalue weighted by molar-refractivity contribution is 0.0923. The van der Waals surface area contributed by atoms with Gasteiger partial charge in [0.15, 0.2) is 0 Å². The van der Waals surface area contributed by atoms with Crippen LogP contribution in [0.25, 0.3) is 0 Å². The Bertz CT molecular complexity index is 496. The van der Waals surface area contributed by atoms with Crippen LogP contribution < -0.4 is 10.6 Å². The van der Waals surface area contributed by atoms with E-state index in [1.54, 1.807) is 0 Å². The fourth-order valence-corrected chi connectivity index (χ4v) is 4.03. The van der Waals surface area contributed by atoms with Crippen LogP contribution in [0, 0.1) is 3.57 Å². The van der Waals surface area contributed by atoms with Gasteiger partial charge in [0.05, 0.1) is 5.56 Å². The number of halogens is 2. The highest BCUT2D eigenvalue weighted by Gasteiger charge is 2.34. The zero-order chi connectivity index (χ0) is 13.4. The monoisotopic (exact) mass is 434 g/mol. The lowest BCUT2D eigenvalue weighted by Crippen LogP contribution is -2.48. The van der Waals surface area contributed by atoms with Crippen LogP contribution in [0.15, 0.2) is 22.7 Å². The van der Waals surface area contributed by atoms with E-state index in [2.05, 4.69) is 49.2 Å². The summed E-state index contributed by atoms with van der Waals surface area (Å²) in [5.41, 5.74) is 0.734. The zero-order valence-corrected chi connectivity index (χ0v) is 14.2. The molecule has 0 aromatic heterocycles. The summed E-state index contributed by atoms with van der Waals surface area (Å²) < 4.78 is 1.94. The Hall–Kier alpha value is -0.140. The summed E-state index contributed by atoms with van der Waals surface area (Å²) in [6.07, 6.45) is 4.63. The number of hydrogen-bond donors (Lipinski definition) is 2. The van der Waals surface area contributed by atoms with Crippen LogP contribution in [-0.4, -0.2) is 24.0 Å². The van der Waals surface area contributed by atoms with E-state index in [9.17, 15) is 4.79 Å². The van der Waals surface area contributed by atoms with Crippen LogP contribution in [-0.2, 0) is 0 Å². The fraction of sp³-hybridized carbons (Fsp3) is 0.500. The van der Waals surface area contributed by atoms with E-state index in [-0.39, 0.29) is 5.91 Å². The number of piperidine rings is 1. The molecule has 1 aromatic rings. The van der Waals surface area contributed by atoms with Crippen LogP contribution >= 0.6 is 38.5 Å². The maximum atomic E-state index is 12.4. The van der Waals surface area contributed by atoms with Gasteiger partial charge in [-0.15, -0.1) is 0 Å². The first-order valence-corrected chi connectivity index (χ1v) is 8.51. The van der Waals surface area contributed by atoms with Gasteiger partial charge in [-0.05, 0) is 82.4 Å². The third kappa shape index (κ3) is 3.13. The van der Waals surface area contributed by atoms with Gasteiger partial charge in [0.25, 0.3) is 5.91 Å². The molecule has 2 fully saturated rings. The predicted octanol–water partition coefficient (Wildman–Crippen LogP) is 3.07. The first kappa shape index (κ1) is 13.8. The van der Waals surface area contributed by atoms with E-state index in [1.807, 2.05) is 18.2 Å². The molecule has 2 heterocycles. The average Bonchev–Trinajstić information content (AvgIpc) is 2.71. The molecule has 0 radical (unpaired) electrons. The SMILES string of the molecule is O=C(NC1CC2CCC(C1)N2)c1cc(I)ccc1Br. The Morgan fingerprint density at radius 2 is 2.00 bits per heavy atom. The van der Waals surface area contributed by atoms with Gasteiger partial charge in [0, 0.05) is 26.2 Å². The van der Waals surface area contributed by atoms with Crippen molar-refractivity contribution in [3.05, 3.63) is 31.8 Å². The molecule has 0 spiro atoms. The van der Waals surface area contributed by atoms with Crippen molar-refractivity contribution in [2.45, 2.75) is 43.8 Å². The highest BCUT2D eigenvalue weighted by atomic mass is 127. The summed E-state index contributed by atoms with van der Waals surface area (Å²) in [6.45, 7) is 0. The molecule has 2 N–H and O–H groups in total. The number of rotatable bonds is 2. The van der Waals surface area contributed by atoms with E-state index >= 15 is 0 Å². The number of carbonyl (C=O) groups is 1. The minimum atomic E-state index is 0.0386. The Morgan fingerprint density at radius 3 is 2.68 bits per heavy atom. The molecule has 102 valence electrons. The molecule has 2 unspecified atom stereocenters. The molecule has 0 saturated carbocycles. The Kier molecular flexibility index (Phi) is 4.14. The topological polar surface area (TPSA) is 41.1 Å². The molecule has 3 nitrogen and oxygen atoms in total. The van der Waals surface area contributed by atoms with Gasteiger partial charge in [0.2, 0.25) is 0 Å². The molecule has 0 aliphatic carbocycles. The minimum Gasteiger partial charge on any atom is -0.349 e. The maximum absolute atomic E-state index is 12.4. The van der Waals surface area contributed by atoms with Gasteiger partial charge in [-0.2, -0.15) is 0 Å². The number of hydrogen-bond acceptors (Lipinski definition) is 2. The van der Waals surface area contributed by atoms with E-state index in [0.29, 0.717) is 18.1 Å². The summed E-state index contributed by atoms with van der Waals surface area (Å²) in [4.78, 5) is 12.4. The molecule has 5 heteroatoms. The number of fused-ring (bicyclic) bond motifs is 2. The molecular weight excluding hydrogens is 419 g/mol. The van der Waals surface area contributed by atoms with Gasteiger partial charge in [-0.25, -0.2) is 0 Å². The Labute approximate surface area is 135 Å². The molecule has 3 rings (SSSR count). The summed E-state index contributed by atoms with van der Waals surface area (Å²) >= 11 is 5.69. The van der Waals surface area contributed by atoms with Crippen molar-refractivity contribution in [1.82, 2.24) is 10.6 Å². The summed E-state index contributed by atoms with van der Waals surface area (Å²) in [5.74, 6) is 0.0386. The normalized spacial score (nSPS) is 29.3. The van der Waals surface area contributed by atoms with Crippen LogP contribution in [0.3, 0.4) is 0 Å². The fourth-order valence-electron chi connectivity index (χ4n) is 3.11. The highest BCUT2D eigenvalue weighted by Crippen LogP contribution is 2.27. The average molecular weight is 435 g/mol. The van der Waals surface area contributed by atoms with Gasteiger partial charge in [0.1, 0.15) is 0 Å². The molecule has 1 amide bonds. The zero-order valence-electron chi connectivity index (χ0n) is 10.5. The Morgan fingerprint density at radius 1 is 1.32 bits per heavy atom. The van der Waals surface area contributed by atoms with Crippen molar-refractivity contribution in [2.75, 3.05) is 0 Å². The van der Waals surface area contributed by atoms with Crippen molar-refractivity contribution in [2.24, 2.45) is 0 Å². The van der Waals surface area contributed by atoms with Crippen molar-refractivity contribution in [3.8, 4) is 0 Å². The third-order valence-corrected chi connectivity index (χ3v) is 5.34. The molecule has 1 aromatic carbocycles. The molecule has 2 saturated heterocycles. The second-order valence-corrected chi connectivity index (χ2v) is 7.50. The molecule has 19 heavy (non-hydrogen) atoms. The van der Waals surface area contributed by atoms with Crippen LogP contribution in [0.2, 0.25) is 0 Å². The van der Waals surface area contributed by atoms with E-state index in [1.165, 1.54) is 12.8 Å². The minimum absolute atomic E-state index is 0.0386. The predicted molar refractivity (Wildman–Crippen MR) is 87.3 cm³/mol. The molecule has 2 bridgehead atoms. The van der Waals surface area contributed by atoms with Crippen LogP contribution in [0.5, 0.6) is 0 Å². The smallest absolute Gasteiger partial charge is 0.252 e.